The summed E-state index contributed by atoms with van der Waals surface area (Å²) in [5.41, 5.74) is 0. The zero-order valence-corrected chi connectivity index (χ0v) is 14.7. The molecule has 24 heavy (non-hydrogen) atoms. The Morgan fingerprint density at radius 3 is 2.62 bits per heavy atom. The Hall–Kier alpha value is -0.730. The molecule has 0 aromatic heterocycles. The molecule has 1 fully saturated rings. The van der Waals surface area contributed by atoms with Crippen molar-refractivity contribution in [2.75, 3.05) is 6.61 Å². The third-order valence-corrected chi connectivity index (χ3v) is 4.50. The number of hydrogen-bond donors (Lipinski definition) is 4. The van der Waals surface area contributed by atoms with Gasteiger partial charge in [-0.3, -0.25) is 0 Å². The van der Waals surface area contributed by atoms with Crippen LogP contribution in [0.2, 0.25) is 0 Å². The van der Waals surface area contributed by atoms with Gasteiger partial charge in [0.1, 0.15) is 6.10 Å². The zero-order chi connectivity index (χ0) is 19.2. The summed E-state index contributed by atoms with van der Waals surface area (Å²) in [5.74, 6) is -3.49. The molecule has 7 nitrogen and oxygen atoms in total. The highest BCUT2D eigenvalue weighted by Crippen LogP contribution is 2.36. The number of rotatable bonds is 9. The van der Waals surface area contributed by atoms with Crippen LogP contribution in [0.3, 0.4) is 0 Å². The molecule has 6 unspecified atom stereocenters. The Morgan fingerprint density at radius 2 is 2.08 bits per heavy atom. The van der Waals surface area contributed by atoms with Crippen molar-refractivity contribution in [1.82, 2.24) is 0 Å². The second kappa shape index (κ2) is 9.10. The number of ether oxygens (including phenoxy) is 2. The van der Waals surface area contributed by atoms with Crippen LogP contribution in [0.15, 0.2) is 0 Å². The second-order valence-electron chi connectivity index (χ2n) is 7.07. The van der Waals surface area contributed by atoms with E-state index in [-0.39, 0.29) is 13.0 Å². The van der Waals surface area contributed by atoms with Crippen LogP contribution >= 0.6 is 0 Å². The maximum atomic E-state index is 11.8. The Balaban J connectivity index is 2.81. The summed E-state index contributed by atoms with van der Waals surface area (Å²) in [6.45, 7) is 5.50. The molecule has 0 bridgehead atoms. The zero-order valence-electron chi connectivity index (χ0n) is 15.7. The Kier molecular flexibility index (Phi) is 7.43. The fourth-order valence-corrected chi connectivity index (χ4v) is 2.84. The van der Waals surface area contributed by atoms with Crippen molar-refractivity contribution in [2.45, 2.75) is 83.6 Å². The minimum absolute atomic E-state index is 0.157. The molecule has 0 saturated carbocycles. The van der Waals surface area contributed by atoms with E-state index < -0.39 is 49.0 Å². The number of aliphatic carboxylic acids is 1. The minimum Gasteiger partial charge on any atom is -0.477 e. The second-order valence-corrected chi connectivity index (χ2v) is 7.07. The van der Waals surface area contributed by atoms with Gasteiger partial charge in [0.05, 0.1) is 24.9 Å². The van der Waals surface area contributed by atoms with E-state index in [0.717, 1.165) is 12.8 Å². The fraction of sp³-hybridized carbons (Fsp3) is 0.941. The third kappa shape index (κ3) is 5.39. The molecule has 0 aromatic carbocycles. The Labute approximate surface area is 145 Å². The fourth-order valence-electron chi connectivity index (χ4n) is 2.84. The van der Waals surface area contributed by atoms with Crippen molar-refractivity contribution >= 4 is 5.97 Å². The largest absolute Gasteiger partial charge is 0.477 e. The monoisotopic (exact) mass is 349 g/mol. The minimum atomic E-state index is -2.06. The van der Waals surface area contributed by atoms with E-state index in [1.54, 1.807) is 6.92 Å². The van der Waals surface area contributed by atoms with Gasteiger partial charge in [0.2, 0.25) is 0 Å². The third-order valence-electron chi connectivity index (χ3n) is 4.50. The lowest BCUT2D eigenvalue weighted by Gasteiger charge is -2.45. The molecule has 0 aromatic rings. The molecule has 142 valence electrons. The normalized spacial score (nSPS) is 34.0. The standard InChI is InChI=1S/C17H32O7/c1-10(2)7-5-6-8-23-17(16(21)22)9-13(19)11(3)15(24-17)14(20)12(4)18/h10-15,18-20H,5-9H2,1-4H3,(H,21,22)/i4D. The van der Waals surface area contributed by atoms with E-state index >= 15 is 0 Å². The molecule has 1 aliphatic heterocycles. The lowest BCUT2D eigenvalue weighted by atomic mass is 9.85. The molecule has 1 aliphatic rings. The predicted molar refractivity (Wildman–Crippen MR) is 87.4 cm³/mol. The van der Waals surface area contributed by atoms with Gasteiger partial charge < -0.3 is 29.9 Å². The summed E-state index contributed by atoms with van der Waals surface area (Å²) in [6, 6.07) is 0. The maximum Gasteiger partial charge on any atom is 0.364 e. The SMILES string of the molecule is [2H]CC(O)C(O)C1OC(OCCCCC(C)C)(C(=O)O)CC(O)C1C. The van der Waals surface area contributed by atoms with Crippen LogP contribution in [0.1, 0.15) is 54.7 Å². The maximum absolute atomic E-state index is 11.8. The summed E-state index contributed by atoms with van der Waals surface area (Å²) in [5, 5.41) is 39.7. The number of aliphatic hydroxyl groups excluding tert-OH is 3. The van der Waals surface area contributed by atoms with Gasteiger partial charge in [-0.05, 0) is 19.2 Å². The van der Waals surface area contributed by atoms with Gasteiger partial charge >= 0.3 is 5.97 Å². The summed E-state index contributed by atoms with van der Waals surface area (Å²) >= 11 is 0. The summed E-state index contributed by atoms with van der Waals surface area (Å²) in [4.78, 5) is 11.8. The van der Waals surface area contributed by atoms with Gasteiger partial charge in [-0.15, -0.1) is 0 Å². The number of carboxylic acid groups (broad SMARTS) is 1. The van der Waals surface area contributed by atoms with Crippen molar-refractivity contribution in [3.05, 3.63) is 0 Å². The lowest BCUT2D eigenvalue weighted by Crippen LogP contribution is -2.60. The summed E-state index contributed by atoms with van der Waals surface area (Å²) in [7, 11) is 0. The molecule has 0 radical (unpaired) electrons. The van der Waals surface area contributed by atoms with Gasteiger partial charge in [-0.2, -0.15) is 0 Å². The van der Waals surface area contributed by atoms with E-state index in [1.807, 2.05) is 0 Å². The number of carboxylic acids is 1. The van der Waals surface area contributed by atoms with E-state index in [2.05, 4.69) is 13.8 Å². The van der Waals surface area contributed by atoms with Crippen LogP contribution in [-0.4, -0.2) is 63.2 Å². The van der Waals surface area contributed by atoms with Crippen molar-refractivity contribution in [3.63, 3.8) is 0 Å². The van der Waals surface area contributed by atoms with Crippen LogP contribution in [0, 0.1) is 11.8 Å². The molecule has 1 saturated heterocycles. The Bertz CT molecular complexity index is 420. The number of hydrogen-bond acceptors (Lipinski definition) is 6. The molecule has 0 spiro atoms. The van der Waals surface area contributed by atoms with Crippen LogP contribution in [0.4, 0.5) is 0 Å². The first-order chi connectivity index (χ1) is 11.6. The summed E-state index contributed by atoms with van der Waals surface area (Å²) < 4.78 is 18.2. The van der Waals surface area contributed by atoms with Crippen LogP contribution < -0.4 is 0 Å². The van der Waals surface area contributed by atoms with E-state index in [0.29, 0.717) is 12.3 Å². The van der Waals surface area contributed by atoms with Gasteiger partial charge in [0.15, 0.2) is 0 Å². The number of carbonyl (C=O) groups is 1. The molecular weight excluding hydrogens is 316 g/mol. The van der Waals surface area contributed by atoms with E-state index in [1.165, 1.54) is 0 Å². The summed E-state index contributed by atoms with van der Waals surface area (Å²) in [6.07, 6.45) is -2.80. The lowest BCUT2D eigenvalue weighted by molar-refractivity contribution is -0.317. The highest BCUT2D eigenvalue weighted by Gasteiger charge is 2.53. The average Bonchev–Trinajstić information content (AvgIpc) is 2.55. The quantitative estimate of drug-likeness (QED) is 0.461. The molecular formula is C17H32O7. The molecule has 6 atom stereocenters. The van der Waals surface area contributed by atoms with Crippen molar-refractivity contribution in [3.8, 4) is 0 Å². The smallest absolute Gasteiger partial charge is 0.364 e. The highest BCUT2D eigenvalue weighted by molar-refractivity contribution is 5.76. The van der Waals surface area contributed by atoms with Gasteiger partial charge in [-0.25, -0.2) is 4.79 Å². The highest BCUT2D eigenvalue weighted by atomic mass is 16.7. The first-order valence-corrected chi connectivity index (χ1v) is 8.53. The van der Waals surface area contributed by atoms with Crippen molar-refractivity contribution in [1.29, 1.82) is 0 Å². The van der Waals surface area contributed by atoms with Crippen LogP contribution in [0.25, 0.3) is 0 Å². The van der Waals surface area contributed by atoms with Gasteiger partial charge in [-0.1, -0.05) is 33.6 Å². The molecule has 1 rings (SSSR count). The van der Waals surface area contributed by atoms with Crippen LogP contribution in [0.5, 0.6) is 0 Å². The molecule has 7 heteroatoms. The van der Waals surface area contributed by atoms with Gasteiger partial charge in [0.25, 0.3) is 5.79 Å². The van der Waals surface area contributed by atoms with Gasteiger partial charge in [0, 0.05) is 13.7 Å². The topological polar surface area (TPSA) is 116 Å². The number of unbranched alkanes of at least 4 members (excludes halogenated alkanes) is 1. The van der Waals surface area contributed by atoms with Crippen LogP contribution in [-0.2, 0) is 14.3 Å². The molecule has 1 heterocycles. The Morgan fingerprint density at radius 1 is 1.42 bits per heavy atom. The first-order valence-electron chi connectivity index (χ1n) is 9.24. The van der Waals surface area contributed by atoms with Crippen molar-refractivity contribution < 1.29 is 36.1 Å². The predicted octanol–water partition coefficient (Wildman–Crippen LogP) is 1.14. The number of aliphatic hydroxyl groups is 3. The van der Waals surface area contributed by atoms with E-state index in [4.69, 9.17) is 10.8 Å². The van der Waals surface area contributed by atoms with E-state index in [9.17, 15) is 25.2 Å². The molecule has 4 N–H and O–H groups in total. The first kappa shape index (κ1) is 19.6. The average molecular weight is 349 g/mol. The molecule has 0 amide bonds. The van der Waals surface area contributed by atoms with Crippen molar-refractivity contribution in [2.24, 2.45) is 11.8 Å². The molecule has 0 aliphatic carbocycles.